The van der Waals surface area contributed by atoms with Gasteiger partial charge < -0.3 is 9.47 Å². The van der Waals surface area contributed by atoms with Gasteiger partial charge in [-0.1, -0.05) is 23.7 Å². The normalized spacial score (nSPS) is 10.6. The van der Waals surface area contributed by atoms with E-state index in [1.165, 1.54) is 43.7 Å². The summed E-state index contributed by atoms with van der Waals surface area (Å²) in [6, 6.07) is 16.3. The van der Waals surface area contributed by atoms with E-state index in [0.29, 0.717) is 16.1 Å². The van der Waals surface area contributed by atoms with Crippen molar-refractivity contribution in [3.63, 3.8) is 0 Å². The monoisotopic (exact) mass is 426 g/mol. The highest BCUT2D eigenvalue weighted by Gasteiger charge is 2.13. The molecule has 3 rings (SSSR count). The molecule has 0 saturated heterocycles. The van der Waals surface area contributed by atoms with Gasteiger partial charge in [0.1, 0.15) is 5.82 Å². The Bertz CT molecular complexity index is 1120. The van der Waals surface area contributed by atoms with Gasteiger partial charge in [-0.15, -0.1) is 0 Å². The van der Waals surface area contributed by atoms with E-state index in [9.17, 15) is 14.0 Å². The van der Waals surface area contributed by atoms with Gasteiger partial charge in [-0.25, -0.2) is 14.6 Å². The molecule has 0 radical (unpaired) electrons. The number of nitrogens with zero attached hydrogens (tertiary/aromatic N) is 1. The van der Waals surface area contributed by atoms with Crippen molar-refractivity contribution >= 4 is 29.7 Å². The van der Waals surface area contributed by atoms with E-state index < -0.39 is 17.7 Å². The first-order valence-electron chi connectivity index (χ1n) is 8.71. The second-order valence-electron chi connectivity index (χ2n) is 6.02. The fourth-order valence-corrected chi connectivity index (χ4v) is 2.67. The lowest BCUT2D eigenvalue weighted by molar-refractivity contribution is 0.0729. The largest absolute Gasteiger partial charge is 0.493 e. The van der Waals surface area contributed by atoms with Crippen molar-refractivity contribution < 1.29 is 23.5 Å². The van der Waals surface area contributed by atoms with Crippen LogP contribution in [-0.4, -0.2) is 25.2 Å². The summed E-state index contributed by atoms with van der Waals surface area (Å²) in [6.45, 7) is 0. The molecule has 0 atom stereocenters. The Labute approximate surface area is 176 Å². The summed E-state index contributed by atoms with van der Waals surface area (Å²) in [5.74, 6) is -1.25. The summed E-state index contributed by atoms with van der Waals surface area (Å²) in [5.41, 5.74) is 3.43. The number of rotatable bonds is 6. The van der Waals surface area contributed by atoms with Crippen molar-refractivity contribution in [2.24, 2.45) is 5.10 Å². The molecule has 0 aliphatic rings. The van der Waals surface area contributed by atoms with Crippen molar-refractivity contribution in [3.05, 3.63) is 94.3 Å². The van der Waals surface area contributed by atoms with Crippen molar-refractivity contribution in [1.82, 2.24) is 5.43 Å². The highest BCUT2D eigenvalue weighted by molar-refractivity contribution is 6.30. The quantitative estimate of drug-likeness (QED) is 0.273. The van der Waals surface area contributed by atoms with Crippen LogP contribution in [0.1, 0.15) is 26.3 Å². The van der Waals surface area contributed by atoms with Crippen LogP contribution in [-0.2, 0) is 0 Å². The van der Waals surface area contributed by atoms with Gasteiger partial charge in [-0.05, 0) is 60.2 Å². The van der Waals surface area contributed by atoms with Gasteiger partial charge in [-0.3, -0.25) is 4.79 Å². The van der Waals surface area contributed by atoms with Crippen molar-refractivity contribution in [2.75, 3.05) is 7.11 Å². The minimum absolute atomic E-state index is 0.0754. The Kier molecular flexibility index (Phi) is 6.77. The molecule has 1 amide bonds. The van der Waals surface area contributed by atoms with Gasteiger partial charge in [0.05, 0.1) is 18.9 Å². The SMILES string of the molecule is COc1cc(/C=N\NC(=O)c2cccc(Cl)c2)ccc1OC(=O)c1cccc(F)c1. The fraction of sp³-hybridized carbons (Fsp3) is 0.0455. The van der Waals surface area contributed by atoms with Crippen molar-refractivity contribution in [2.45, 2.75) is 0 Å². The van der Waals surface area contributed by atoms with Gasteiger partial charge >= 0.3 is 5.97 Å². The molecule has 0 aromatic heterocycles. The number of methoxy groups -OCH3 is 1. The zero-order valence-electron chi connectivity index (χ0n) is 15.8. The Morgan fingerprint density at radius 1 is 1.00 bits per heavy atom. The van der Waals surface area contributed by atoms with E-state index >= 15 is 0 Å². The molecular formula is C22H16ClFN2O4. The molecule has 30 heavy (non-hydrogen) atoms. The van der Waals surface area contributed by atoms with Gasteiger partial charge in [0.25, 0.3) is 5.91 Å². The summed E-state index contributed by atoms with van der Waals surface area (Å²) >= 11 is 5.86. The van der Waals surface area contributed by atoms with E-state index in [1.807, 2.05) is 0 Å². The Morgan fingerprint density at radius 3 is 2.50 bits per heavy atom. The van der Waals surface area contributed by atoms with Gasteiger partial charge in [0, 0.05) is 10.6 Å². The van der Waals surface area contributed by atoms with Gasteiger partial charge in [0.15, 0.2) is 11.5 Å². The molecule has 8 heteroatoms. The van der Waals surface area contributed by atoms with E-state index in [0.717, 1.165) is 6.07 Å². The lowest BCUT2D eigenvalue weighted by Crippen LogP contribution is -2.17. The molecule has 0 bridgehead atoms. The number of esters is 1. The lowest BCUT2D eigenvalue weighted by Gasteiger charge is -2.10. The van der Waals surface area contributed by atoms with Crippen LogP contribution in [0.5, 0.6) is 11.5 Å². The zero-order valence-corrected chi connectivity index (χ0v) is 16.5. The van der Waals surface area contributed by atoms with E-state index in [4.69, 9.17) is 21.1 Å². The molecule has 0 saturated carbocycles. The van der Waals surface area contributed by atoms with Crippen LogP contribution in [0.25, 0.3) is 0 Å². The highest BCUT2D eigenvalue weighted by atomic mass is 35.5. The molecule has 0 aliphatic carbocycles. The number of nitrogens with one attached hydrogen (secondary N) is 1. The molecule has 0 fully saturated rings. The van der Waals surface area contributed by atoms with E-state index in [2.05, 4.69) is 10.5 Å². The van der Waals surface area contributed by atoms with Crippen LogP contribution in [0.2, 0.25) is 5.02 Å². The molecule has 0 unspecified atom stereocenters. The maximum atomic E-state index is 13.3. The minimum Gasteiger partial charge on any atom is -0.493 e. The second kappa shape index (κ2) is 9.67. The molecule has 1 N–H and O–H groups in total. The molecule has 0 aliphatic heterocycles. The zero-order chi connectivity index (χ0) is 21.5. The molecule has 152 valence electrons. The number of hydrogen-bond donors (Lipinski definition) is 1. The third-order valence-corrected chi connectivity index (χ3v) is 4.15. The summed E-state index contributed by atoms with van der Waals surface area (Å²) in [4.78, 5) is 24.2. The smallest absolute Gasteiger partial charge is 0.343 e. The van der Waals surface area contributed by atoms with Crippen LogP contribution < -0.4 is 14.9 Å². The number of halogens is 2. The minimum atomic E-state index is -0.719. The summed E-state index contributed by atoms with van der Waals surface area (Å²) in [5, 5.41) is 4.34. The predicted molar refractivity (Wildman–Crippen MR) is 111 cm³/mol. The second-order valence-corrected chi connectivity index (χ2v) is 6.46. The Hall–Kier alpha value is -3.71. The maximum Gasteiger partial charge on any atom is 0.343 e. The first-order valence-corrected chi connectivity index (χ1v) is 9.09. The van der Waals surface area contributed by atoms with Crippen LogP contribution >= 0.6 is 11.6 Å². The first-order chi connectivity index (χ1) is 14.5. The summed E-state index contributed by atoms with van der Waals surface area (Å²) in [6.07, 6.45) is 1.41. The number of amides is 1. The van der Waals surface area contributed by atoms with Crippen molar-refractivity contribution in [1.29, 1.82) is 0 Å². The molecule has 6 nitrogen and oxygen atoms in total. The number of hydrazone groups is 1. The van der Waals surface area contributed by atoms with Crippen LogP contribution in [0.15, 0.2) is 71.8 Å². The predicted octanol–water partition coefficient (Wildman–Crippen LogP) is 4.47. The Morgan fingerprint density at radius 2 is 1.77 bits per heavy atom. The van der Waals surface area contributed by atoms with E-state index in [-0.39, 0.29) is 17.1 Å². The lowest BCUT2D eigenvalue weighted by atomic mass is 10.2. The van der Waals surface area contributed by atoms with E-state index in [1.54, 1.807) is 30.3 Å². The summed E-state index contributed by atoms with van der Waals surface area (Å²) < 4.78 is 23.8. The molecule has 3 aromatic rings. The molecule has 0 heterocycles. The third kappa shape index (κ3) is 5.42. The highest BCUT2D eigenvalue weighted by Crippen LogP contribution is 2.28. The standard InChI is InChI=1S/C22H16ClFN2O4/c1-29-20-10-14(13-25-26-21(27)15-4-2-6-17(23)11-15)8-9-19(20)30-22(28)16-5-3-7-18(24)12-16/h2-13H,1H3,(H,26,27)/b25-13-. The van der Waals surface area contributed by atoms with Crippen LogP contribution in [0.3, 0.4) is 0 Å². The molecule has 0 spiro atoms. The Balaban J connectivity index is 1.68. The molecular weight excluding hydrogens is 411 g/mol. The van der Waals surface area contributed by atoms with Gasteiger partial charge in [0.2, 0.25) is 0 Å². The number of hydrogen-bond acceptors (Lipinski definition) is 5. The topological polar surface area (TPSA) is 77.0 Å². The van der Waals surface area contributed by atoms with Crippen molar-refractivity contribution in [3.8, 4) is 11.5 Å². The third-order valence-electron chi connectivity index (χ3n) is 3.92. The average molecular weight is 427 g/mol. The number of carbonyl (C=O) groups is 2. The maximum absolute atomic E-state index is 13.3. The summed E-state index contributed by atoms with van der Waals surface area (Å²) in [7, 11) is 1.41. The first kappa shape index (κ1) is 21.0. The average Bonchev–Trinajstić information content (AvgIpc) is 2.74. The van der Waals surface area contributed by atoms with Gasteiger partial charge in [-0.2, -0.15) is 5.10 Å². The van der Waals surface area contributed by atoms with Crippen LogP contribution in [0, 0.1) is 5.82 Å². The number of carbonyl (C=O) groups excluding carboxylic acids is 2. The molecule has 3 aromatic carbocycles. The van der Waals surface area contributed by atoms with Crippen LogP contribution in [0.4, 0.5) is 4.39 Å². The fourth-order valence-electron chi connectivity index (χ4n) is 2.48. The number of benzene rings is 3. The number of ether oxygens (including phenoxy) is 2.